The van der Waals surface area contributed by atoms with Crippen LogP contribution in [-0.2, 0) is 4.74 Å². The van der Waals surface area contributed by atoms with Gasteiger partial charge in [0.05, 0.1) is 6.61 Å². The third-order valence-electron chi connectivity index (χ3n) is 3.86. The van der Waals surface area contributed by atoms with Crippen molar-refractivity contribution in [3.63, 3.8) is 0 Å². The summed E-state index contributed by atoms with van der Waals surface area (Å²) in [6.45, 7) is 1.77. The second kappa shape index (κ2) is 6.79. The van der Waals surface area contributed by atoms with E-state index in [1.54, 1.807) is 13.0 Å². The van der Waals surface area contributed by atoms with Gasteiger partial charge in [-0.25, -0.2) is 4.79 Å². The van der Waals surface area contributed by atoms with Crippen LogP contribution >= 0.6 is 22.6 Å². The highest BCUT2D eigenvalue weighted by molar-refractivity contribution is 14.1. The Morgan fingerprint density at radius 2 is 1.60 bits per heavy atom. The Hall–Kier alpha value is -2.48. The molecule has 25 heavy (non-hydrogen) atoms. The van der Waals surface area contributed by atoms with E-state index < -0.39 is 5.97 Å². The molecule has 3 N–H and O–H groups in total. The highest BCUT2D eigenvalue weighted by Crippen LogP contribution is 2.46. The lowest BCUT2D eigenvalue weighted by atomic mass is 9.92. The van der Waals surface area contributed by atoms with E-state index in [1.165, 1.54) is 18.2 Å². The Morgan fingerprint density at radius 3 is 2.32 bits per heavy atom. The molecule has 0 heterocycles. The van der Waals surface area contributed by atoms with Crippen molar-refractivity contribution in [1.82, 2.24) is 0 Å². The fourth-order valence-corrected chi connectivity index (χ4v) is 3.61. The summed E-state index contributed by atoms with van der Waals surface area (Å²) in [7, 11) is 0. The number of phenolic OH excluding ortho intramolecular Hbond substituents is 3. The van der Waals surface area contributed by atoms with Crippen LogP contribution in [-0.4, -0.2) is 27.9 Å². The maximum Gasteiger partial charge on any atom is 0.342 e. The highest BCUT2D eigenvalue weighted by atomic mass is 127. The maximum atomic E-state index is 12.4. The predicted octanol–water partition coefficient (Wildman–Crippen LogP) is 4.40. The average molecular weight is 450 g/mol. The third kappa shape index (κ3) is 2.97. The molecule has 0 radical (unpaired) electrons. The first kappa shape index (κ1) is 17.3. The van der Waals surface area contributed by atoms with Crippen LogP contribution in [0, 0.1) is 3.57 Å². The molecule has 0 aliphatic rings. The normalized spacial score (nSPS) is 10.8. The van der Waals surface area contributed by atoms with Crippen molar-refractivity contribution in [2.75, 3.05) is 6.61 Å². The molecule has 6 heteroatoms. The smallest absolute Gasteiger partial charge is 0.342 e. The van der Waals surface area contributed by atoms with E-state index in [9.17, 15) is 20.1 Å². The van der Waals surface area contributed by atoms with E-state index >= 15 is 0 Å². The van der Waals surface area contributed by atoms with Crippen LogP contribution in [0.4, 0.5) is 0 Å². The Morgan fingerprint density at radius 1 is 0.960 bits per heavy atom. The molecule has 3 rings (SSSR count). The van der Waals surface area contributed by atoms with Crippen molar-refractivity contribution in [2.45, 2.75) is 6.92 Å². The van der Waals surface area contributed by atoms with Crippen LogP contribution in [0.1, 0.15) is 17.3 Å². The molecule has 128 valence electrons. The molecular formula is C19H15IO5. The lowest BCUT2D eigenvalue weighted by molar-refractivity contribution is 0.0523. The number of aromatic hydroxyl groups is 3. The molecule has 0 saturated carbocycles. The molecular weight excluding hydrogens is 435 g/mol. The number of esters is 1. The van der Waals surface area contributed by atoms with Gasteiger partial charge in [-0.2, -0.15) is 0 Å². The van der Waals surface area contributed by atoms with Crippen molar-refractivity contribution < 1.29 is 24.9 Å². The van der Waals surface area contributed by atoms with Crippen molar-refractivity contribution in [1.29, 1.82) is 0 Å². The lowest BCUT2D eigenvalue weighted by Gasteiger charge is -2.16. The summed E-state index contributed by atoms with van der Waals surface area (Å²) in [5.41, 5.74) is 0.147. The summed E-state index contributed by atoms with van der Waals surface area (Å²) in [5.74, 6) is -1.44. The van der Waals surface area contributed by atoms with Crippen LogP contribution in [0.3, 0.4) is 0 Å². The quantitative estimate of drug-likeness (QED) is 0.313. The zero-order valence-corrected chi connectivity index (χ0v) is 15.4. The zero-order valence-electron chi connectivity index (χ0n) is 13.3. The summed E-state index contributed by atoms with van der Waals surface area (Å²) < 4.78 is 5.85. The molecule has 3 aromatic rings. The largest absolute Gasteiger partial charge is 0.507 e. The fourth-order valence-electron chi connectivity index (χ4n) is 2.82. The van der Waals surface area contributed by atoms with Crippen LogP contribution < -0.4 is 0 Å². The predicted molar refractivity (Wildman–Crippen MR) is 103 cm³/mol. The Kier molecular flexibility index (Phi) is 4.71. The van der Waals surface area contributed by atoms with Crippen LogP contribution in [0.15, 0.2) is 42.5 Å². The van der Waals surface area contributed by atoms with Gasteiger partial charge >= 0.3 is 5.97 Å². The number of benzene rings is 3. The first-order chi connectivity index (χ1) is 12.0. The van der Waals surface area contributed by atoms with Crippen LogP contribution in [0.5, 0.6) is 17.2 Å². The molecule has 0 aliphatic carbocycles. The van der Waals surface area contributed by atoms with Gasteiger partial charge in [-0.3, -0.25) is 0 Å². The number of hydrogen-bond donors (Lipinski definition) is 3. The van der Waals surface area contributed by atoms with Crippen molar-refractivity contribution >= 4 is 39.3 Å². The number of carbonyl (C=O) groups excluding carboxylic acids is 1. The van der Waals surface area contributed by atoms with E-state index in [2.05, 4.69) is 22.6 Å². The van der Waals surface area contributed by atoms with E-state index in [0.29, 0.717) is 5.39 Å². The van der Waals surface area contributed by atoms with Gasteiger partial charge in [0.25, 0.3) is 0 Å². The Balaban J connectivity index is 2.46. The average Bonchev–Trinajstić information content (AvgIpc) is 2.58. The van der Waals surface area contributed by atoms with Crippen LogP contribution in [0.25, 0.3) is 21.9 Å². The van der Waals surface area contributed by atoms with E-state index in [4.69, 9.17) is 4.74 Å². The minimum atomic E-state index is -0.770. The van der Waals surface area contributed by atoms with Gasteiger partial charge in [0.1, 0.15) is 22.8 Å². The van der Waals surface area contributed by atoms with Gasteiger partial charge in [0.15, 0.2) is 0 Å². The van der Waals surface area contributed by atoms with E-state index in [0.717, 1.165) is 8.96 Å². The molecule has 3 aromatic carbocycles. The third-order valence-corrected chi connectivity index (χ3v) is 4.76. The molecule has 0 saturated heterocycles. The van der Waals surface area contributed by atoms with Crippen molar-refractivity contribution in [3.05, 3.63) is 51.6 Å². The molecule has 0 unspecified atom stereocenters. The van der Waals surface area contributed by atoms with Crippen molar-refractivity contribution in [2.24, 2.45) is 0 Å². The standard InChI is InChI=1S/C19H15IO5/c1-2-25-19(24)18-14(23)9-8-13(22)17(18)16-12(21)7-6-10-4-3-5-11(20)15(10)16/h3-9,21-23H,2H2,1H3. The minimum Gasteiger partial charge on any atom is -0.507 e. The summed E-state index contributed by atoms with van der Waals surface area (Å²) in [6, 6.07) is 11.3. The summed E-state index contributed by atoms with van der Waals surface area (Å²) >= 11 is 2.12. The second-order valence-corrected chi connectivity index (χ2v) is 6.53. The lowest BCUT2D eigenvalue weighted by Crippen LogP contribution is -2.07. The van der Waals surface area contributed by atoms with E-state index in [-0.39, 0.29) is 40.5 Å². The first-order valence-corrected chi connectivity index (χ1v) is 8.66. The molecule has 0 amide bonds. The molecule has 0 bridgehead atoms. The van der Waals surface area contributed by atoms with Crippen LogP contribution in [0.2, 0.25) is 0 Å². The number of fused-ring (bicyclic) bond motifs is 1. The van der Waals surface area contributed by atoms with Gasteiger partial charge in [-0.05, 0) is 59.2 Å². The number of ether oxygens (including phenoxy) is 1. The SMILES string of the molecule is CCOC(=O)c1c(O)ccc(O)c1-c1c(O)ccc2cccc(I)c12. The molecule has 0 aliphatic heterocycles. The number of carbonyl (C=O) groups is 1. The fraction of sp³-hybridized carbons (Fsp3) is 0.105. The van der Waals surface area contributed by atoms with Gasteiger partial charge < -0.3 is 20.1 Å². The van der Waals surface area contributed by atoms with Gasteiger partial charge in [0.2, 0.25) is 0 Å². The molecule has 0 fully saturated rings. The number of halogens is 1. The Labute approximate surface area is 157 Å². The molecule has 0 spiro atoms. The topological polar surface area (TPSA) is 87.0 Å². The van der Waals surface area contributed by atoms with Gasteiger partial charge in [-0.1, -0.05) is 18.2 Å². The summed E-state index contributed by atoms with van der Waals surface area (Å²) in [6.07, 6.45) is 0. The first-order valence-electron chi connectivity index (χ1n) is 7.58. The highest BCUT2D eigenvalue weighted by Gasteiger charge is 2.26. The minimum absolute atomic E-state index is 0.0469. The summed E-state index contributed by atoms with van der Waals surface area (Å²) in [5, 5.41) is 32.6. The van der Waals surface area contributed by atoms with Crippen molar-refractivity contribution in [3.8, 4) is 28.4 Å². The summed E-state index contributed by atoms with van der Waals surface area (Å²) in [4.78, 5) is 12.4. The molecule has 5 nitrogen and oxygen atoms in total. The molecule has 0 aromatic heterocycles. The van der Waals surface area contributed by atoms with Gasteiger partial charge in [0, 0.05) is 20.1 Å². The van der Waals surface area contributed by atoms with E-state index in [1.807, 2.05) is 18.2 Å². The number of phenols is 3. The second-order valence-electron chi connectivity index (χ2n) is 5.37. The molecule has 0 atom stereocenters. The number of hydrogen-bond acceptors (Lipinski definition) is 5. The monoisotopic (exact) mass is 450 g/mol. The zero-order chi connectivity index (χ0) is 18.1. The Bertz CT molecular complexity index is 981. The number of rotatable bonds is 3. The maximum absolute atomic E-state index is 12.4. The van der Waals surface area contributed by atoms with Gasteiger partial charge in [-0.15, -0.1) is 0 Å².